The molecular weight excluding hydrogens is 614 g/mol. The number of rotatable bonds is 10. The Hall–Kier alpha value is -4.91. The fourth-order valence-corrected chi connectivity index (χ4v) is 6.89. The molecule has 3 amide bonds. The molecule has 12 nitrogen and oxygen atoms in total. The van der Waals surface area contributed by atoms with Gasteiger partial charge in [0, 0.05) is 42.3 Å². The van der Waals surface area contributed by atoms with Gasteiger partial charge in [-0.15, -0.1) is 0 Å². The number of nitro groups is 1. The van der Waals surface area contributed by atoms with E-state index in [1.807, 2.05) is 24.3 Å². The number of hydrogen-bond donors (Lipinski definition) is 4. The molecule has 0 saturated carbocycles. The van der Waals surface area contributed by atoms with Crippen LogP contribution in [0.4, 0.5) is 17.1 Å². The highest BCUT2D eigenvalue weighted by Crippen LogP contribution is 2.47. The van der Waals surface area contributed by atoms with Gasteiger partial charge in [-0.05, 0) is 60.7 Å². The lowest BCUT2D eigenvalue weighted by Crippen LogP contribution is -2.46. The average molecular weight is 654 g/mol. The molecule has 0 spiro atoms. The van der Waals surface area contributed by atoms with Crippen LogP contribution >= 0.6 is 0 Å². The zero-order chi connectivity index (χ0) is 34.0. The van der Waals surface area contributed by atoms with Crippen LogP contribution in [0.3, 0.4) is 0 Å². The molecule has 6 rings (SSSR count). The predicted molar refractivity (Wildman–Crippen MR) is 179 cm³/mol. The first kappa shape index (κ1) is 33.0. The zero-order valence-electron chi connectivity index (χ0n) is 26.7. The molecule has 1 saturated heterocycles. The Balaban J connectivity index is 1.18. The number of hydrogen-bond acceptors (Lipinski definition) is 8. The minimum atomic E-state index is -2.12. The van der Waals surface area contributed by atoms with Crippen LogP contribution in [0.2, 0.25) is 0 Å². The van der Waals surface area contributed by atoms with Crippen LogP contribution in [0, 0.1) is 16.0 Å². The minimum absolute atomic E-state index is 0.0154. The zero-order valence-corrected chi connectivity index (χ0v) is 26.7. The molecule has 1 fully saturated rings. The molecule has 0 radical (unpaired) electrons. The molecule has 0 bridgehead atoms. The lowest BCUT2D eigenvalue weighted by atomic mass is 9.82. The van der Waals surface area contributed by atoms with Gasteiger partial charge in [-0.25, -0.2) is 0 Å². The number of non-ortho nitro benzene ring substituents is 1. The van der Waals surface area contributed by atoms with Gasteiger partial charge in [-0.2, -0.15) is 0 Å². The van der Waals surface area contributed by atoms with E-state index in [4.69, 9.17) is 0 Å². The van der Waals surface area contributed by atoms with Crippen molar-refractivity contribution in [2.75, 3.05) is 23.4 Å². The number of aliphatic hydroxyl groups is 2. The predicted octanol–water partition coefficient (Wildman–Crippen LogP) is 3.55. The first-order valence-corrected chi connectivity index (χ1v) is 16.2. The summed E-state index contributed by atoms with van der Waals surface area (Å²) < 4.78 is 0. The van der Waals surface area contributed by atoms with Gasteiger partial charge in [0.25, 0.3) is 11.6 Å². The van der Waals surface area contributed by atoms with Gasteiger partial charge >= 0.3 is 0 Å². The number of anilines is 2. The maximum Gasteiger partial charge on any atom is 0.269 e. The molecule has 3 aliphatic rings. The molecule has 0 aromatic heterocycles. The summed E-state index contributed by atoms with van der Waals surface area (Å²) in [5.74, 6) is -1.79. The van der Waals surface area contributed by atoms with Crippen LogP contribution in [-0.4, -0.2) is 63.0 Å². The Morgan fingerprint density at radius 1 is 1.15 bits per heavy atom. The number of nitrogens with one attached hydrogen (secondary N) is 2. The monoisotopic (exact) mass is 653 g/mol. The number of nitrogens with zero attached hydrogens (tertiary/aromatic N) is 3. The number of amides is 3. The van der Waals surface area contributed by atoms with E-state index in [-0.39, 0.29) is 54.7 Å². The van der Waals surface area contributed by atoms with Crippen LogP contribution in [-0.2, 0) is 39.5 Å². The quantitative estimate of drug-likeness (QED) is 0.147. The van der Waals surface area contributed by atoms with E-state index in [1.54, 1.807) is 48.2 Å². The molecular formula is C36H39N5O7. The van der Waals surface area contributed by atoms with Gasteiger partial charge < -0.3 is 30.6 Å². The van der Waals surface area contributed by atoms with Crippen LogP contribution in [0.25, 0.3) is 0 Å². The van der Waals surface area contributed by atoms with Crippen molar-refractivity contribution in [2.24, 2.45) is 5.92 Å². The van der Waals surface area contributed by atoms with Crippen molar-refractivity contribution in [1.29, 1.82) is 0 Å². The van der Waals surface area contributed by atoms with Gasteiger partial charge in [-0.1, -0.05) is 55.5 Å². The smallest absolute Gasteiger partial charge is 0.269 e. The molecule has 0 unspecified atom stereocenters. The van der Waals surface area contributed by atoms with Gasteiger partial charge in [0.1, 0.15) is 0 Å². The summed E-state index contributed by atoms with van der Waals surface area (Å²) in [5.41, 5.74) is 1.56. The second kappa shape index (κ2) is 13.7. The second-order valence-corrected chi connectivity index (χ2v) is 12.7. The fourth-order valence-electron chi connectivity index (χ4n) is 6.89. The third-order valence-electron chi connectivity index (χ3n) is 9.67. The van der Waals surface area contributed by atoms with Crippen molar-refractivity contribution in [3.8, 4) is 0 Å². The van der Waals surface area contributed by atoms with Crippen molar-refractivity contribution in [1.82, 2.24) is 10.2 Å². The van der Waals surface area contributed by atoms with Crippen LogP contribution in [0.15, 0.2) is 78.9 Å². The summed E-state index contributed by atoms with van der Waals surface area (Å²) in [4.78, 5) is 53.9. The first-order valence-electron chi connectivity index (χ1n) is 16.2. The highest BCUT2D eigenvalue weighted by Gasteiger charge is 2.53. The third-order valence-corrected chi connectivity index (χ3v) is 9.67. The maximum absolute atomic E-state index is 14.0. The van der Waals surface area contributed by atoms with Crippen LogP contribution < -0.4 is 15.5 Å². The summed E-state index contributed by atoms with van der Waals surface area (Å²) in [5, 5.41) is 39.7. The Labute approximate surface area is 278 Å². The van der Waals surface area contributed by atoms with Gasteiger partial charge in [0.15, 0.2) is 5.60 Å². The van der Waals surface area contributed by atoms with Crippen molar-refractivity contribution in [3.05, 3.63) is 111 Å². The Morgan fingerprint density at radius 2 is 1.90 bits per heavy atom. The van der Waals surface area contributed by atoms with Crippen LogP contribution in [0.5, 0.6) is 0 Å². The average Bonchev–Trinajstić information content (AvgIpc) is 3.71. The molecule has 3 aliphatic heterocycles. The Morgan fingerprint density at radius 3 is 2.58 bits per heavy atom. The maximum atomic E-state index is 14.0. The van der Waals surface area contributed by atoms with E-state index in [9.17, 15) is 34.7 Å². The summed E-state index contributed by atoms with van der Waals surface area (Å²) in [6.45, 7) is 2.73. The van der Waals surface area contributed by atoms with Gasteiger partial charge in [0.05, 0.1) is 35.8 Å². The fraction of sp³-hybridized carbons (Fsp3) is 0.361. The number of nitro benzene ring substituents is 1. The second-order valence-electron chi connectivity index (χ2n) is 12.7. The number of carbonyl (C=O) groups is 3. The van der Waals surface area contributed by atoms with Crippen molar-refractivity contribution in [2.45, 2.75) is 63.4 Å². The van der Waals surface area contributed by atoms with E-state index in [2.05, 4.69) is 10.6 Å². The summed E-state index contributed by atoms with van der Waals surface area (Å²) in [7, 11) is 0. The summed E-state index contributed by atoms with van der Waals surface area (Å²) in [6, 6.07) is 18.3. The van der Waals surface area contributed by atoms with Crippen molar-refractivity contribution < 1.29 is 29.5 Å². The van der Waals surface area contributed by atoms with E-state index in [1.165, 1.54) is 23.1 Å². The molecule has 12 heteroatoms. The lowest BCUT2D eigenvalue weighted by Gasteiger charge is -2.36. The number of carbonyl (C=O) groups excluding carboxylic acids is 3. The largest absolute Gasteiger partial charge is 0.394 e. The number of aliphatic hydroxyl groups excluding tert-OH is 1. The molecule has 3 aromatic carbocycles. The van der Waals surface area contributed by atoms with Crippen LogP contribution in [0.1, 0.15) is 48.4 Å². The van der Waals surface area contributed by atoms with E-state index in [0.717, 1.165) is 36.1 Å². The van der Waals surface area contributed by atoms with Gasteiger partial charge in [0.2, 0.25) is 11.8 Å². The van der Waals surface area contributed by atoms with E-state index >= 15 is 0 Å². The first-order chi connectivity index (χ1) is 23.1. The third kappa shape index (κ3) is 6.34. The summed E-state index contributed by atoms with van der Waals surface area (Å²) in [6.07, 6.45) is 5.45. The van der Waals surface area contributed by atoms with Crippen molar-refractivity contribution in [3.63, 3.8) is 0 Å². The minimum Gasteiger partial charge on any atom is -0.394 e. The number of benzene rings is 3. The molecule has 4 N–H and O–H groups in total. The molecule has 3 aromatic rings. The molecule has 250 valence electrons. The van der Waals surface area contributed by atoms with Crippen molar-refractivity contribution >= 4 is 34.8 Å². The van der Waals surface area contributed by atoms with Gasteiger partial charge in [-0.3, -0.25) is 24.5 Å². The van der Waals surface area contributed by atoms with E-state index < -0.39 is 22.3 Å². The standard InChI is InChI=1S/C36H39N5O7/c1-23(6-4-10-33(43)39-21-26-8-3-2-7-25(26)18-29(39)22-42)36(46)30-19-28(41(47)48)15-16-32(30)40(35(36)45)20-24-11-13-27(14-12-24)38-34(44)31-9-5-17-37-31/h2-4,6-8,11-16,19,23,29,31,37,42,46H,5,9-10,17-18,20-22H2,1H3,(H,38,44)/b6-4+/t23-,29+,31-,36+/m1/s1. The molecule has 3 heterocycles. The molecule has 0 aliphatic carbocycles. The number of fused-ring (bicyclic) bond motifs is 2. The molecule has 4 atom stereocenters. The normalized spacial score (nSPS) is 22.4. The van der Waals surface area contributed by atoms with E-state index in [0.29, 0.717) is 24.3 Å². The molecule has 48 heavy (non-hydrogen) atoms. The Bertz CT molecular complexity index is 1750. The highest BCUT2D eigenvalue weighted by molar-refractivity contribution is 6.07. The highest BCUT2D eigenvalue weighted by atomic mass is 16.6. The Kier molecular flexibility index (Phi) is 9.40. The SMILES string of the molecule is C[C@H](/C=C/CC(=O)N1Cc2ccccc2C[C@H]1CO)[C@@]1(O)C(=O)N(Cc2ccc(NC(=O)[C@H]3CCCN3)cc2)c2ccc([N+](=O)[O-])cc21. The topological polar surface area (TPSA) is 165 Å². The lowest BCUT2D eigenvalue weighted by molar-refractivity contribution is -0.385. The summed E-state index contributed by atoms with van der Waals surface area (Å²) >= 11 is 0.